The molecule has 1 N–H and O–H groups in total. The molecule has 0 aliphatic carbocycles. The fraction of sp³-hybridized carbons (Fsp3) is 0.222. The predicted octanol–water partition coefficient (Wildman–Crippen LogP) is 1.08. The standard InChI is InChI=1S/C9H9N3O3/c1-2-10-9(13)8-6(5-14-12-8)7-3-4-11-15-7/h3-5H,2H2,1H3,(H,10,13). The van der Waals surface area contributed by atoms with E-state index in [9.17, 15) is 4.79 Å². The van der Waals surface area contributed by atoms with E-state index < -0.39 is 0 Å². The summed E-state index contributed by atoms with van der Waals surface area (Å²) in [4.78, 5) is 11.5. The normalized spacial score (nSPS) is 10.2. The van der Waals surface area contributed by atoms with Crippen LogP contribution in [0.2, 0.25) is 0 Å². The smallest absolute Gasteiger partial charge is 0.274 e. The van der Waals surface area contributed by atoms with E-state index in [2.05, 4.69) is 15.6 Å². The first-order chi connectivity index (χ1) is 7.33. The largest absolute Gasteiger partial charge is 0.363 e. The van der Waals surface area contributed by atoms with Gasteiger partial charge in [0.05, 0.1) is 11.8 Å². The summed E-state index contributed by atoms with van der Waals surface area (Å²) in [6, 6.07) is 1.63. The van der Waals surface area contributed by atoms with Crippen LogP contribution in [0.5, 0.6) is 0 Å². The van der Waals surface area contributed by atoms with Crippen molar-refractivity contribution in [2.75, 3.05) is 6.54 Å². The van der Waals surface area contributed by atoms with Crippen LogP contribution < -0.4 is 5.32 Å². The lowest BCUT2D eigenvalue weighted by Crippen LogP contribution is -2.23. The fourth-order valence-corrected chi connectivity index (χ4v) is 1.17. The zero-order valence-electron chi connectivity index (χ0n) is 8.06. The number of nitrogens with zero attached hydrogens (tertiary/aromatic N) is 2. The number of hydrogen-bond acceptors (Lipinski definition) is 5. The number of nitrogens with one attached hydrogen (secondary N) is 1. The van der Waals surface area contributed by atoms with E-state index in [1.165, 1.54) is 12.5 Å². The van der Waals surface area contributed by atoms with Crippen molar-refractivity contribution in [3.63, 3.8) is 0 Å². The number of amides is 1. The van der Waals surface area contributed by atoms with Crippen molar-refractivity contribution < 1.29 is 13.8 Å². The van der Waals surface area contributed by atoms with Gasteiger partial charge in [0.1, 0.15) is 6.26 Å². The van der Waals surface area contributed by atoms with Gasteiger partial charge in [-0.25, -0.2) is 0 Å². The van der Waals surface area contributed by atoms with E-state index in [1.54, 1.807) is 6.07 Å². The second-order valence-electron chi connectivity index (χ2n) is 2.81. The summed E-state index contributed by atoms with van der Waals surface area (Å²) < 4.78 is 9.66. The van der Waals surface area contributed by atoms with Gasteiger partial charge in [0.15, 0.2) is 11.5 Å². The van der Waals surface area contributed by atoms with Crippen molar-refractivity contribution >= 4 is 5.91 Å². The van der Waals surface area contributed by atoms with Crippen molar-refractivity contribution in [2.45, 2.75) is 6.92 Å². The van der Waals surface area contributed by atoms with Gasteiger partial charge in [0.25, 0.3) is 5.91 Å². The third-order valence-corrected chi connectivity index (χ3v) is 1.83. The Labute approximate surface area is 85.2 Å². The molecule has 2 aromatic heterocycles. The molecular weight excluding hydrogens is 198 g/mol. The van der Waals surface area contributed by atoms with Crippen molar-refractivity contribution in [3.8, 4) is 11.3 Å². The van der Waals surface area contributed by atoms with Crippen LogP contribution in [0.1, 0.15) is 17.4 Å². The first-order valence-electron chi connectivity index (χ1n) is 4.46. The maximum atomic E-state index is 11.5. The zero-order chi connectivity index (χ0) is 10.7. The van der Waals surface area contributed by atoms with E-state index in [0.717, 1.165) is 0 Å². The molecule has 0 atom stereocenters. The van der Waals surface area contributed by atoms with Crippen molar-refractivity contribution in [2.24, 2.45) is 0 Å². The SMILES string of the molecule is CCNC(=O)c1nocc1-c1ccno1. The molecular formula is C9H9N3O3. The van der Waals surface area contributed by atoms with E-state index in [1.807, 2.05) is 6.92 Å². The summed E-state index contributed by atoms with van der Waals surface area (Å²) >= 11 is 0. The van der Waals surface area contributed by atoms with Gasteiger partial charge in [-0.3, -0.25) is 4.79 Å². The molecule has 0 aromatic carbocycles. The molecule has 0 aliphatic heterocycles. The molecule has 15 heavy (non-hydrogen) atoms. The average molecular weight is 207 g/mol. The van der Waals surface area contributed by atoms with Crippen LogP contribution in [-0.2, 0) is 0 Å². The van der Waals surface area contributed by atoms with Crippen molar-refractivity contribution in [3.05, 3.63) is 24.2 Å². The highest BCUT2D eigenvalue weighted by Gasteiger charge is 2.19. The monoisotopic (exact) mass is 207 g/mol. The van der Waals surface area contributed by atoms with Gasteiger partial charge in [-0.15, -0.1) is 0 Å². The molecule has 78 valence electrons. The molecule has 0 aliphatic rings. The number of hydrogen-bond donors (Lipinski definition) is 1. The van der Waals surface area contributed by atoms with Gasteiger partial charge in [-0.2, -0.15) is 0 Å². The second-order valence-corrected chi connectivity index (χ2v) is 2.81. The summed E-state index contributed by atoms with van der Waals surface area (Å²) in [6.07, 6.45) is 2.84. The summed E-state index contributed by atoms with van der Waals surface area (Å²) in [5, 5.41) is 9.79. The lowest BCUT2D eigenvalue weighted by atomic mass is 10.2. The summed E-state index contributed by atoms with van der Waals surface area (Å²) in [5.41, 5.74) is 0.701. The van der Waals surface area contributed by atoms with E-state index in [4.69, 9.17) is 9.05 Å². The fourth-order valence-electron chi connectivity index (χ4n) is 1.17. The molecule has 0 saturated carbocycles. The summed E-state index contributed by atoms with van der Waals surface area (Å²) in [7, 11) is 0. The average Bonchev–Trinajstić information content (AvgIpc) is 2.88. The quantitative estimate of drug-likeness (QED) is 0.814. The molecule has 6 heteroatoms. The number of carbonyl (C=O) groups is 1. The first-order valence-corrected chi connectivity index (χ1v) is 4.46. The molecule has 0 radical (unpaired) electrons. The maximum absolute atomic E-state index is 11.5. The minimum Gasteiger partial charge on any atom is -0.363 e. The molecule has 0 bridgehead atoms. The molecule has 1 amide bonds. The van der Waals surface area contributed by atoms with Gasteiger partial charge in [0, 0.05) is 12.6 Å². The van der Waals surface area contributed by atoms with Crippen LogP contribution in [0.4, 0.5) is 0 Å². The van der Waals surface area contributed by atoms with Crippen LogP contribution in [-0.4, -0.2) is 22.8 Å². The Kier molecular flexibility index (Phi) is 2.49. The van der Waals surface area contributed by atoms with Gasteiger partial charge in [-0.05, 0) is 6.92 Å². The third kappa shape index (κ3) is 1.74. The Morgan fingerprint density at radius 3 is 3.13 bits per heavy atom. The Morgan fingerprint density at radius 1 is 1.60 bits per heavy atom. The third-order valence-electron chi connectivity index (χ3n) is 1.83. The molecule has 2 rings (SSSR count). The van der Waals surface area contributed by atoms with Gasteiger partial charge < -0.3 is 14.4 Å². The van der Waals surface area contributed by atoms with Crippen LogP contribution in [0.15, 0.2) is 27.6 Å². The van der Waals surface area contributed by atoms with Gasteiger partial charge >= 0.3 is 0 Å². The number of rotatable bonds is 3. The number of carbonyl (C=O) groups excluding carboxylic acids is 1. The molecule has 6 nitrogen and oxygen atoms in total. The van der Waals surface area contributed by atoms with Crippen LogP contribution in [0.25, 0.3) is 11.3 Å². The van der Waals surface area contributed by atoms with Gasteiger partial charge in [0.2, 0.25) is 0 Å². The van der Waals surface area contributed by atoms with Crippen molar-refractivity contribution in [1.29, 1.82) is 0 Å². The Balaban J connectivity index is 2.34. The molecule has 0 fully saturated rings. The topological polar surface area (TPSA) is 81.2 Å². The highest BCUT2D eigenvalue weighted by Crippen LogP contribution is 2.22. The molecule has 0 spiro atoms. The maximum Gasteiger partial charge on any atom is 0.274 e. The Hall–Kier alpha value is -2.11. The Bertz CT molecular complexity index is 447. The first kappa shape index (κ1) is 9.45. The minimum absolute atomic E-state index is 0.202. The van der Waals surface area contributed by atoms with Crippen LogP contribution in [0.3, 0.4) is 0 Å². The lowest BCUT2D eigenvalue weighted by Gasteiger charge is -1.97. The van der Waals surface area contributed by atoms with E-state index in [0.29, 0.717) is 17.9 Å². The number of aromatic nitrogens is 2. The van der Waals surface area contributed by atoms with Crippen molar-refractivity contribution in [1.82, 2.24) is 15.6 Å². The highest BCUT2D eigenvalue weighted by atomic mass is 16.5. The van der Waals surface area contributed by atoms with Crippen LogP contribution >= 0.6 is 0 Å². The summed E-state index contributed by atoms with van der Waals surface area (Å²) in [6.45, 7) is 2.35. The molecule has 0 unspecified atom stereocenters. The van der Waals surface area contributed by atoms with Gasteiger partial charge in [-0.1, -0.05) is 10.3 Å². The summed E-state index contributed by atoms with van der Waals surface area (Å²) in [5.74, 6) is 0.162. The molecule has 2 aromatic rings. The molecule has 0 saturated heterocycles. The van der Waals surface area contributed by atoms with E-state index in [-0.39, 0.29) is 11.6 Å². The van der Waals surface area contributed by atoms with Crippen LogP contribution in [0, 0.1) is 0 Å². The minimum atomic E-state index is -0.294. The second kappa shape index (κ2) is 3.95. The Morgan fingerprint density at radius 2 is 2.47 bits per heavy atom. The van der Waals surface area contributed by atoms with E-state index >= 15 is 0 Å². The highest BCUT2D eigenvalue weighted by molar-refractivity contribution is 5.97. The lowest BCUT2D eigenvalue weighted by molar-refractivity contribution is 0.0947. The molecule has 2 heterocycles. The zero-order valence-corrected chi connectivity index (χ0v) is 8.06. The predicted molar refractivity (Wildman–Crippen MR) is 50.0 cm³/mol.